The first-order chi connectivity index (χ1) is 5.49. The van der Waals surface area contributed by atoms with Gasteiger partial charge in [0.1, 0.15) is 0 Å². The molecule has 0 radical (unpaired) electrons. The Morgan fingerprint density at radius 3 is 2.42 bits per heavy atom. The van der Waals surface area contributed by atoms with E-state index in [1.165, 1.54) is 32.1 Å². The molecule has 2 unspecified atom stereocenters. The predicted molar refractivity (Wildman–Crippen MR) is 55.2 cm³/mol. The van der Waals surface area contributed by atoms with Gasteiger partial charge in [0.25, 0.3) is 0 Å². The first kappa shape index (κ1) is 10.1. The van der Waals surface area contributed by atoms with Gasteiger partial charge in [0.05, 0.1) is 0 Å². The van der Waals surface area contributed by atoms with Crippen LogP contribution in [-0.4, -0.2) is 0 Å². The highest BCUT2D eigenvalue weighted by atomic mass is 14.3. The largest absolute Gasteiger partial charge is 0.0625 e. The van der Waals surface area contributed by atoms with Crippen molar-refractivity contribution in [3.63, 3.8) is 0 Å². The van der Waals surface area contributed by atoms with E-state index in [0.29, 0.717) is 5.41 Å². The minimum atomic E-state index is 0.611. The van der Waals surface area contributed by atoms with E-state index in [1.807, 2.05) is 0 Å². The third-order valence-corrected chi connectivity index (χ3v) is 3.26. The molecular formula is C12H24. The molecule has 1 aliphatic carbocycles. The van der Waals surface area contributed by atoms with E-state index in [1.54, 1.807) is 0 Å². The molecule has 0 amide bonds. The van der Waals surface area contributed by atoms with Crippen LogP contribution in [0.25, 0.3) is 0 Å². The van der Waals surface area contributed by atoms with Crippen molar-refractivity contribution in [3.8, 4) is 0 Å². The van der Waals surface area contributed by atoms with Crippen LogP contribution in [0.3, 0.4) is 0 Å². The molecule has 0 N–H and O–H groups in total. The van der Waals surface area contributed by atoms with E-state index in [2.05, 4.69) is 27.7 Å². The van der Waals surface area contributed by atoms with Gasteiger partial charge in [-0.2, -0.15) is 0 Å². The number of hydrogen-bond acceptors (Lipinski definition) is 0. The molecule has 0 bridgehead atoms. The quantitative estimate of drug-likeness (QED) is 0.507. The Hall–Kier alpha value is 0. The molecule has 12 heavy (non-hydrogen) atoms. The Bertz CT molecular complexity index is 135. The van der Waals surface area contributed by atoms with Crippen molar-refractivity contribution >= 4 is 0 Å². The fraction of sp³-hybridized carbons (Fsp3) is 1.00. The maximum Gasteiger partial charge on any atom is -0.0352 e. The van der Waals surface area contributed by atoms with Crippen LogP contribution in [0.15, 0.2) is 0 Å². The molecule has 1 rings (SSSR count). The lowest BCUT2D eigenvalue weighted by Gasteiger charge is -2.32. The topological polar surface area (TPSA) is 0 Å². The predicted octanol–water partition coefficient (Wildman–Crippen LogP) is 4.25. The van der Waals surface area contributed by atoms with Crippen molar-refractivity contribution in [1.82, 2.24) is 0 Å². The molecule has 72 valence electrons. The van der Waals surface area contributed by atoms with Gasteiger partial charge in [-0.1, -0.05) is 40.5 Å². The zero-order chi connectivity index (χ0) is 9.19. The Morgan fingerprint density at radius 1 is 1.08 bits per heavy atom. The first-order valence-corrected chi connectivity index (χ1v) is 5.49. The fourth-order valence-corrected chi connectivity index (χ4v) is 2.86. The van der Waals surface area contributed by atoms with E-state index in [0.717, 1.165) is 11.8 Å². The Morgan fingerprint density at radius 2 is 1.75 bits per heavy atom. The molecule has 1 aliphatic rings. The van der Waals surface area contributed by atoms with E-state index in [9.17, 15) is 0 Å². The van der Waals surface area contributed by atoms with Gasteiger partial charge in [-0.25, -0.2) is 0 Å². The van der Waals surface area contributed by atoms with Crippen molar-refractivity contribution in [3.05, 3.63) is 0 Å². The summed E-state index contributed by atoms with van der Waals surface area (Å²) in [5.41, 5.74) is 0.611. The highest BCUT2D eigenvalue weighted by molar-refractivity contribution is 4.76. The van der Waals surface area contributed by atoms with Crippen molar-refractivity contribution in [2.24, 2.45) is 17.3 Å². The van der Waals surface area contributed by atoms with Gasteiger partial charge in [-0.05, 0) is 36.5 Å². The SMILES string of the molecule is CC1CCCC(C)(C)CC(C)C1. The number of hydrogen-bond donors (Lipinski definition) is 0. The second kappa shape index (κ2) is 3.81. The van der Waals surface area contributed by atoms with Gasteiger partial charge in [0.2, 0.25) is 0 Å². The van der Waals surface area contributed by atoms with Gasteiger partial charge >= 0.3 is 0 Å². The monoisotopic (exact) mass is 168 g/mol. The Balaban J connectivity index is 2.48. The minimum absolute atomic E-state index is 0.611. The molecule has 0 aliphatic heterocycles. The smallest absolute Gasteiger partial charge is 0.0352 e. The van der Waals surface area contributed by atoms with Gasteiger partial charge in [-0.3, -0.25) is 0 Å². The van der Waals surface area contributed by atoms with E-state index >= 15 is 0 Å². The lowest BCUT2D eigenvalue weighted by molar-refractivity contribution is 0.195. The molecule has 0 aromatic rings. The molecule has 0 nitrogen and oxygen atoms in total. The van der Waals surface area contributed by atoms with Gasteiger partial charge in [0, 0.05) is 0 Å². The maximum absolute atomic E-state index is 2.43. The van der Waals surface area contributed by atoms with Crippen LogP contribution in [0.5, 0.6) is 0 Å². The summed E-state index contributed by atoms with van der Waals surface area (Å²) < 4.78 is 0. The highest BCUT2D eigenvalue weighted by Gasteiger charge is 2.24. The molecule has 0 saturated heterocycles. The molecule has 1 saturated carbocycles. The zero-order valence-corrected chi connectivity index (χ0v) is 9.19. The lowest BCUT2D eigenvalue weighted by Crippen LogP contribution is -2.20. The summed E-state index contributed by atoms with van der Waals surface area (Å²) in [7, 11) is 0. The molecule has 0 aromatic carbocycles. The third-order valence-electron chi connectivity index (χ3n) is 3.26. The normalized spacial score (nSPS) is 37.0. The second-order valence-corrected chi connectivity index (χ2v) is 5.71. The highest BCUT2D eigenvalue weighted by Crippen LogP contribution is 2.37. The average molecular weight is 168 g/mol. The summed E-state index contributed by atoms with van der Waals surface area (Å²) in [5, 5.41) is 0. The lowest BCUT2D eigenvalue weighted by atomic mass is 9.73. The molecule has 0 heterocycles. The molecule has 1 fully saturated rings. The van der Waals surface area contributed by atoms with Crippen LogP contribution in [0.4, 0.5) is 0 Å². The molecule has 0 aromatic heterocycles. The van der Waals surface area contributed by atoms with E-state index in [-0.39, 0.29) is 0 Å². The summed E-state index contributed by atoms with van der Waals surface area (Å²) in [6.45, 7) is 9.69. The van der Waals surface area contributed by atoms with Crippen LogP contribution in [-0.2, 0) is 0 Å². The van der Waals surface area contributed by atoms with Crippen LogP contribution in [0.1, 0.15) is 59.8 Å². The van der Waals surface area contributed by atoms with Crippen LogP contribution < -0.4 is 0 Å². The zero-order valence-electron chi connectivity index (χ0n) is 9.19. The molecule has 2 atom stereocenters. The first-order valence-electron chi connectivity index (χ1n) is 5.49. The van der Waals surface area contributed by atoms with Crippen LogP contribution in [0, 0.1) is 17.3 Å². The fourth-order valence-electron chi connectivity index (χ4n) is 2.86. The van der Waals surface area contributed by atoms with Crippen molar-refractivity contribution in [1.29, 1.82) is 0 Å². The van der Waals surface area contributed by atoms with E-state index < -0.39 is 0 Å². The Labute approximate surface area is 77.7 Å². The molecule has 0 heteroatoms. The summed E-state index contributed by atoms with van der Waals surface area (Å²) in [5.74, 6) is 1.91. The summed E-state index contributed by atoms with van der Waals surface area (Å²) in [4.78, 5) is 0. The summed E-state index contributed by atoms with van der Waals surface area (Å²) in [6, 6.07) is 0. The average Bonchev–Trinajstić information content (AvgIpc) is 1.81. The third kappa shape index (κ3) is 3.16. The van der Waals surface area contributed by atoms with Crippen LogP contribution >= 0.6 is 0 Å². The summed E-state index contributed by atoms with van der Waals surface area (Å²) in [6.07, 6.45) is 7.21. The van der Waals surface area contributed by atoms with Gasteiger partial charge in [-0.15, -0.1) is 0 Å². The van der Waals surface area contributed by atoms with Crippen LogP contribution in [0.2, 0.25) is 0 Å². The standard InChI is InChI=1S/C12H24/c1-10-6-5-7-12(3,4)9-11(2)8-10/h10-11H,5-9H2,1-4H3. The minimum Gasteiger partial charge on any atom is -0.0625 e. The second-order valence-electron chi connectivity index (χ2n) is 5.71. The summed E-state index contributed by atoms with van der Waals surface area (Å²) >= 11 is 0. The maximum atomic E-state index is 2.43. The molecule has 0 spiro atoms. The van der Waals surface area contributed by atoms with Crippen molar-refractivity contribution in [2.45, 2.75) is 59.8 Å². The number of rotatable bonds is 0. The van der Waals surface area contributed by atoms with Gasteiger partial charge in [0.15, 0.2) is 0 Å². The van der Waals surface area contributed by atoms with Crippen molar-refractivity contribution < 1.29 is 0 Å². The van der Waals surface area contributed by atoms with Crippen molar-refractivity contribution in [2.75, 3.05) is 0 Å². The van der Waals surface area contributed by atoms with Gasteiger partial charge < -0.3 is 0 Å². The van der Waals surface area contributed by atoms with E-state index in [4.69, 9.17) is 0 Å². The molecular weight excluding hydrogens is 144 g/mol. The Kier molecular flexibility index (Phi) is 3.20.